The number of benzene rings is 1. The number of carboxylic acid groups (broad SMARTS) is 1. The molecule has 2 aliphatic rings. The highest BCUT2D eigenvalue weighted by atomic mass is 19.4. The van der Waals surface area contributed by atoms with E-state index in [0.717, 1.165) is 18.5 Å². The van der Waals surface area contributed by atoms with E-state index >= 15 is 0 Å². The third-order valence-electron chi connectivity index (χ3n) is 5.31. The van der Waals surface area contributed by atoms with Gasteiger partial charge in [-0.3, -0.25) is 9.69 Å². The van der Waals surface area contributed by atoms with Gasteiger partial charge in [0, 0.05) is 32.7 Å². The highest BCUT2D eigenvalue weighted by Gasteiger charge is 2.47. The largest absolute Gasteiger partial charge is 0.490 e. The van der Waals surface area contributed by atoms with Crippen LogP contribution in [-0.4, -0.2) is 78.3 Å². The number of carboxylic acids is 1. The van der Waals surface area contributed by atoms with E-state index in [2.05, 4.69) is 15.5 Å². The van der Waals surface area contributed by atoms with Crippen LogP contribution in [0, 0.1) is 5.92 Å². The van der Waals surface area contributed by atoms with Gasteiger partial charge in [-0.15, -0.1) is 0 Å². The molecule has 1 aromatic rings. The molecule has 1 aromatic carbocycles. The number of carbonyl (C=O) groups excluding carboxylic acids is 2. The molecule has 0 aromatic heterocycles. The molecule has 0 spiro atoms. The number of carbonyl (C=O) groups is 3. The van der Waals surface area contributed by atoms with Crippen molar-refractivity contribution in [1.82, 2.24) is 20.4 Å². The molecule has 0 unspecified atom stereocenters. The first kappa shape index (κ1) is 23.5. The van der Waals surface area contributed by atoms with Crippen molar-refractivity contribution in [1.29, 1.82) is 0 Å². The van der Waals surface area contributed by atoms with Gasteiger partial charge < -0.3 is 20.6 Å². The van der Waals surface area contributed by atoms with Crippen LogP contribution in [0.4, 0.5) is 18.0 Å². The minimum atomic E-state index is -5.08. The molecule has 3 atom stereocenters. The summed E-state index contributed by atoms with van der Waals surface area (Å²) < 4.78 is 31.7. The zero-order chi connectivity index (χ0) is 22.5. The second-order valence-corrected chi connectivity index (χ2v) is 7.21. The van der Waals surface area contributed by atoms with Gasteiger partial charge in [-0.2, -0.15) is 13.2 Å². The van der Waals surface area contributed by atoms with Gasteiger partial charge in [0.05, 0.1) is 6.04 Å². The number of alkyl halides is 3. The predicted molar refractivity (Wildman–Crippen MR) is 101 cm³/mol. The van der Waals surface area contributed by atoms with Gasteiger partial charge in [0.15, 0.2) is 0 Å². The SMILES string of the molecule is CNC(=O)[C@H]1C[C@@H]2CN(C(=O)NCc3ccccc3)C[C@@H]2N1C.O=C(O)C(F)(F)F. The maximum absolute atomic E-state index is 12.3. The number of nitrogens with one attached hydrogen (secondary N) is 2. The van der Waals surface area contributed by atoms with Crippen LogP contribution >= 0.6 is 0 Å². The number of likely N-dealkylation sites (tertiary alicyclic amines) is 2. The third kappa shape index (κ3) is 5.85. The molecule has 166 valence electrons. The van der Waals surface area contributed by atoms with E-state index in [1.54, 1.807) is 7.05 Å². The van der Waals surface area contributed by atoms with Gasteiger partial charge in [0.2, 0.25) is 5.91 Å². The van der Waals surface area contributed by atoms with Crippen molar-refractivity contribution in [2.45, 2.75) is 31.2 Å². The van der Waals surface area contributed by atoms with E-state index in [-0.39, 0.29) is 24.0 Å². The number of hydrogen-bond donors (Lipinski definition) is 3. The molecule has 11 heteroatoms. The summed E-state index contributed by atoms with van der Waals surface area (Å²) in [7, 11) is 3.66. The molecular formula is C19H25F3N4O4. The van der Waals surface area contributed by atoms with Crippen molar-refractivity contribution in [2.24, 2.45) is 5.92 Å². The minimum absolute atomic E-state index is 0.0202. The number of nitrogens with zero attached hydrogens (tertiary/aromatic N) is 2. The summed E-state index contributed by atoms with van der Waals surface area (Å²) in [6.45, 7) is 1.96. The topological polar surface area (TPSA) is 102 Å². The number of hydrogen-bond acceptors (Lipinski definition) is 4. The molecule has 0 bridgehead atoms. The van der Waals surface area contributed by atoms with Crippen LogP contribution in [-0.2, 0) is 16.1 Å². The average Bonchev–Trinajstić information content (AvgIpc) is 3.26. The van der Waals surface area contributed by atoms with E-state index in [4.69, 9.17) is 9.90 Å². The fourth-order valence-corrected chi connectivity index (χ4v) is 3.74. The normalized spacial score (nSPS) is 23.2. The Balaban J connectivity index is 0.000000396. The molecule has 3 amide bonds. The summed E-state index contributed by atoms with van der Waals surface area (Å²) in [6, 6.07) is 10.1. The molecule has 0 saturated carbocycles. The first-order valence-electron chi connectivity index (χ1n) is 9.35. The lowest BCUT2D eigenvalue weighted by Crippen LogP contribution is -2.46. The van der Waals surface area contributed by atoms with E-state index in [0.29, 0.717) is 19.0 Å². The lowest BCUT2D eigenvalue weighted by molar-refractivity contribution is -0.192. The highest BCUT2D eigenvalue weighted by molar-refractivity contribution is 5.82. The number of likely N-dealkylation sites (N-methyl/N-ethyl adjacent to an activating group) is 2. The van der Waals surface area contributed by atoms with Crippen LogP contribution in [0.5, 0.6) is 0 Å². The summed E-state index contributed by atoms with van der Waals surface area (Å²) in [4.78, 5) is 37.1. The lowest BCUT2D eigenvalue weighted by atomic mass is 10.0. The van der Waals surface area contributed by atoms with Crippen LogP contribution in [0.2, 0.25) is 0 Å². The Morgan fingerprint density at radius 3 is 2.27 bits per heavy atom. The summed E-state index contributed by atoms with van der Waals surface area (Å²) in [5.74, 6) is -2.31. The summed E-state index contributed by atoms with van der Waals surface area (Å²) in [5.41, 5.74) is 1.09. The maximum Gasteiger partial charge on any atom is 0.490 e. The van der Waals surface area contributed by atoms with Crippen molar-refractivity contribution >= 4 is 17.9 Å². The molecule has 2 fully saturated rings. The number of fused-ring (bicyclic) bond motifs is 1. The Labute approximate surface area is 172 Å². The smallest absolute Gasteiger partial charge is 0.475 e. The molecule has 2 aliphatic heterocycles. The van der Waals surface area contributed by atoms with Gasteiger partial charge in [-0.25, -0.2) is 9.59 Å². The van der Waals surface area contributed by atoms with E-state index in [1.807, 2.05) is 42.3 Å². The standard InChI is InChI=1S/C17H24N4O2.C2HF3O2/c1-18-16(22)14-8-13-10-21(11-15(13)20(14)2)17(23)19-9-12-6-4-3-5-7-12;3-2(4,5)1(6)7/h3-7,13-15H,8-11H2,1-2H3,(H,18,22)(H,19,23);(H,6,7)/t13-,14-,15+;/m1./s1. The monoisotopic (exact) mass is 430 g/mol. The molecule has 2 saturated heterocycles. The fourth-order valence-electron chi connectivity index (χ4n) is 3.74. The molecule has 8 nitrogen and oxygen atoms in total. The van der Waals surface area contributed by atoms with Crippen molar-refractivity contribution in [3.05, 3.63) is 35.9 Å². The van der Waals surface area contributed by atoms with E-state index in [9.17, 15) is 22.8 Å². The van der Waals surface area contributed by atoms with Crippen LogP contribution < -0.4 is 10.6 Å². The Kier molecular flexibility index (Phi) is 7.65. The third-order valence-corrected chi connectivity index (χ3v) is 5.31. The Hall–Kier alpha value is -2.82. The molecule has 0 radical (unpaired) electrons. The number of rotatable bonds is 3. The minimum Gasteiger partial charge on any atom is -0.475 e. The Morgan fingerprint density at radius 1 is 1.17 bits per heavy atom. The van der Waals surface area contributed by atoms with Crippen LogP contribution in [0.3, 0.4) is 0 Å². The van der Waals surface area contributed by atoms with Crippen molar-refractivity contribution in [3.63, 3.8) is 0 Å². The van der Waals surface area contributed by atoms with Crippen molar-refractivity contribution < 1.29 is 32.7 Å². The number of aliphatic carboxylic acids is 1. The van der Waals surface area contributed by atoms with Crippen molar-refractivity contribution in [3.8, 4) is 0 Å². The maximum atomic E-state index is 12.3. The molecule has 2 heterocycles. The summed E-state index contributed by atoms with van der Waals surface area (Å²) in [5, 5.41) is 12.8. The Morgan fingerprint density at radius 2 is 1.77 bits per heavy atom. The number of halogens is 3. The van der Waals surface area contributed by atoms with Gasteiger partial charge in [-0.1, -0.05) is 30.3 Å². The average molecular weight is 430 g/mol. The molecular weight excluding hydrogens is 405 g/mol. The molecule has 0 aliphatic carbocycles. The zero-order valence-corrected chi connectivity index (χ0v) is 16.6. The first-order chi connectivity index (χ1) is 14.0. The number of amides is 3. The fraction of sp³-hybridized carbons (Fsp3) is 0.526. The summed E-state index contributed by atoms with van der Waals surface area (Å²) >= 11 is 0. The van der Waals surface area contributed by atoms with Gasteiger partial charge in [-0.05, 0) is 24.9 Å². The first-order valence-corrected chi connectivity index (χ1v) is 9.35. The van der Waals surface area contributed by atoms with E-state index in [1.165, 1.54) is 0 Å². The predicted octanol–water partition coefficient (Wildman–Crippen LogP) is 1.28. The molecule has 3 rings (SSSR count). The Bertz CT molecular complexity index is 760. The van der Waals surface area contributed by atoms with Crippen LogP contribution in [0.1, 0.15) is 12.0 Å². The lowest BCUT2D eigenvalue weighted by Gasteiger charge is -2.25. The second kappa shape index (κ2) is 9.79. The number of urea groups is 1. The van der Waals surface area contributed by atoms with Gasteiger partial charge in [0.25, 0.3) is 0 Å². The van der Waals surface area contributed by atoms with Crippen LogP contribution in [0.15, 0.2) is 30.3 Å². The summed E-state index contributed by atoms with van der Waals surface area (Å²) in [6.07, 6.45) is -4.26. The van der Waals surface area contributed by atoms with E-state index < -0.39 is 12.1 Å². The van der Waals surface area contributed by atoms with Crippen LogP contribution in [0.25, 0.3) is 0 Å². The zero-order valence-electron chi connectivity index (χ0n) is 16.6. The molecule has 30 heavy (non-hydrogen) atoms. The van der Waals surface area contributed by atoms with Gasteiger partial charge in [0.1, 0.15) is 0 Å². The molecule has 3 N–H and O–H groups in total. The second-order valence-electron chi connectivity index (χ2n) is 7.21. The van der Waals surface area contributed by atoms with Gasteiger partial charge >= 0.3 is 18.2 Å². The highest BCUT2D eigenvalue weighted by Crippen LogP contribution is 2.34. The quantitative estimate of drug-likeness (QED) is 0.671. The van der Waals surface area contributed by atoms with Crippen molar-refractivity contribution in [2.75, 3.05) is 27.2 Å².